The summed E-state index contributed by atoms with van der Waals surface area (Å²) in [6.07, 6.45) is -0.696. The second-order valence-corrected chi connectivity index (χ2v) is 6.16. The van der Waals surface area contributed by atoms with Crippen LogP contribution < -0.4 is 14.8 Å². The van der Waals surface area contributed by atoms with E-state index in [1.165, 1.54) is 4.90 Å². The van der Waals surface area contributed by atoms with Crippen molar-refractivity contribution in [2.45, 2.75) is 6.10 Å². The van der Waals surface area contributed by atoms with Crippen molar-refractivity contribution in [3.8, 4) is 23.3 Å². The van der Waals surface area contributed by atoms with Gasteiger partial charge in [-0.05, 0) is 36.4 Å². The maximum atomic E-state index is 12.2. The van der Waals surface area contributed by atoms with Crippen molar-refractivity contribution in [2.75, 3.05) is 27.2 Å². The van der Waals surface area contributed by atoms with Gasteiger partial charge in [0.1, 0.15) is 6.61 Å². The molecule has 0 aromatic heterocycles. The van der Waals surface area contributed by atoms with E-state index >= 15 is 0 Å². The number of nitrogens with zero attached hydrogens (tertiary/aromatic N) is 1. The van der Waals surface area contributed by atoms with Crippen LogP contribution in [-0.2, 0) is 4.79 Å². The van der Waals surface area contributed by atoms with Gasteiger partial charge in [-0.15, -0.1) is 0 Å². The third kappa shape index (κ3) is 4.59. The van der Waals surface area contributed by atoms with Gasteiger partial charge in [0.15, 0.2) is 11.5 Å². The van der Waals surface area contributed by atoms with Gasteiger partial charge >= 0.3 is 0 Å². The predicted molar refractivity (Wildman–Crippen MR) is 101 cm³/mol. The maximum absolute atomic E-state index is 12.2. The molecule has 1 heterocycles. The molecule has 27 heavy (non-hydrogen) atoms. The number of fused-ring (bicyclic) bond motifs is 1. The van der Waals surface area contributed by atoms with Crippen molar-refractivity contribution in [3.05, 3.63) is 59.7 Å². The Morgan fingerprint density at radius 3 is 2.52 bits per heavy atom. The Kier molecular flexibility index (Phi) is 5.62. The average Bonchev–Trinajstić information content (AvgIpc) is 2.70. The van der Waals surface area contributed by atoms with Crippen molar-refractivity contribution in [1.29, 1.82) is 0 Å². The lowest BCUT2D eigenvalue weighted by atomic mass is 10.1. The highest BCUT2D eigenvalue weighted by molar-refractivity contribution is 5.93. The van der Waals surface area contributed by atoms with E-state index in [4.69, 9.17) is 9.47 Å². The molecule has 0 spiro atoms. The average molecular weight is 364 g/mol. The van der Waals surface area contributed by atoms with E-state index < -0.39 is 6.10 Å². The molecule has 0 aliphatic carbocycles. The normalized spacial score (nSPS) is 14.5. The molecule has 0 radical (unpaired) electrons. The summed E-state index contributed by atoms with van der Waals surface area (Å²) >= 11 is 0. The van der Waals surface area contributed by atoms with E-state index in [-0.39, 0.29) is 25.0 Å². The second-order valence-electron chi connectivity index (χ2n) is 6.16. The molecule has 1 N–H and O–H groups in total. The third-order valence-electron chi connectivity index (χ3n) is 3.92. The van der Waals surface area contributed by atoms with E-state index in [9.17, 15) is 9.59 Å². The fourth-order valence-electron chi connectivity index (χ4n) is 2.49. The first kappa shape index (κ1) is 18.3. The van der Waals surface area contributed by atoms with Gasteiger partial charge in [-0.25, -0.2) is 0 Å². The first-order valence-electron chi connectivity index (χ1n) is 8.51. The Bertz CT molecular complexity index is 894. The van der Waals surface area contributed by atoms with Crippen molar-refractivity contribution in [2.24, 2.45) is 0 Å². The van der Waals surface area contributed by atoms with Crippen molar-refractivity contribution in [3.63, 3.8) is 0 Å². The number of hydrogen-bond acceptors (Lipinski definition) is 4. The molecule has 0 saturated heterocycles. The molecule has 0 saturated carbocycles. The summed E-state index contributed by atoms with van der Waals surface area (Å²) in [6.45, 7) is 0.358. The first-order chi connectivity index (χ1) is 13.0. The molecule has 2 aromatic rings. The molecule has 1 unspecified atom stereocenters. The SMILES string of the molecule is CN(C)C(=O)c1ccc(C#CCNC(=O)C2COc3ccccc3O2)cc1. The van der Waals surface area contributed by atoms with E-state index in [1.54, 1.807) is 50.5 Å². The van der Waals surface area contributed by atoms with Gasteiger partial charge in [0, 0.05) is 25.2 Å². The van der Waals surface area contributed by atoms with Crippen LogP contribution in [0, 0.1) is 11.8 Å². The zero-order chi connectivity index (χ0) is 19.2. The van der Waals surface area contributed by atoms with Crippen LogP contribution in [0.3, 0.4) is 0 Å². The van der Waals surface area contributed by atoms with Crippen LogP contribution in [0.5, 0.6) is 11.5 Å². The van der Waals surface area contributed by atoms with Crippen LogP contribution in [0.4, 0.5) is 0 Å². The highest BCUT2D eigenvalue weighted by atomic mass is 16.6. The Hall–Kier alpha value is -3.46. The standard InChI is InChI=1S/C21H20N2O4/c1-23(2)21(25)16-11-9-15(10-12-16)6-5-13-22-20(24)19-14-26-17-7-3-4-8-18(17)27-19/h3-4,7-12,19H,13-14H2,1-2H3,(H,22,24). The molecule has 6 heteroatoms. The number of para-hydroxylation sites is 2. The van der Waals surface area contributed by atoms with E-state index in [0.29, 0.717) is 17.1 Å². The van der Waals surface area contributed by atoms with Gasteiger partial charge in [-0.1, -0.05) is 24.0 Å². The molecule has 3 rings (SSSR count). The quantitative estimate of drug-likeness (QED) is 0.842. The van der Waals surface area contributed by atoms with Crippen LogP contribution in [0.1, 0.15) is 15.9 Å². The van der Waals surface area contributed by atoms with Gasteiger partial charge in [-0.3, -0.25) is 9.59 Å². The number of benzene rings is 2. The number of carbonyl (C=O) groups excluding carboxylic acids is 2. The molecule has 2 aromatic carbocycles. The van der Waals surface area contributed by atoms with Crippen LogP contribution in [-0.4, -0.2) is 50.1 Å². The van der Waals surface area contributed by atoms with Crippen LogP contribution in [0.15, 0.2) is 48.5 Å². The zero-order valence-electron chi connectivity index (χ0n) is 15.2. The number of nitrogens with one attached hydrogen (secondary N) is 1. The largest absolute Gasteiger partial charge is 0.485 e. The van der Waals surface area contributed by atoms with Gasteiger partial charge in [0.05, 0.1) is 6.54 Å². The fourth-order valence-corrected chi connectivity index (χ4v) is 2.49. The highest BCUT2D eigenvalue weighted by Crippen LogP contribution is 2.30. The Balaban J connectivity index is 1.50. The second kappa shape index (κ2) is 8.28. The molecule has 2 amide bonds. The topological polar surface area (TPSA) is 67.9 Å². The van der Waals surface area contributed by atoms with Crippen molar-refractivity contribution >= 4 is 11.8 Å². The minimum atomic E-state index is -0.696. The number of ether oxygens (including phenoxy) is 2. The Morgan fingerprint density at radius 1 is 1.11 bits per heavy atom. The number of rotatable bonds is 3. The zero-order valence-corrected chi connectivity index (χ0v) is 15.2. The summed E-state index contributed by atoms with van der Waals surface area (Å²) in [6, 6.07) is 14.3. The Labute approximate surface area is 158 Å². The lowest BCUT2D eigenvalue weighted by Crippen LogP contribution is -2.44. The van der Waals surface area contributed by atoms with Gasteiger partial charge in [-0.2, -0.15) is 0 Å². The lowest BCUT2D eigenvalue weighted by Gasteiger charge is -2.25. The number of hydrogen-bond donors (Lipinski definition) is 1. The molecule has 1 aliphatic heterocycles. The summed E-state index contributed by atoms with van der Waals surface area (Å²) in [5, 5.41) is 2.72. The predicted octanol–water partition coefficient (Wildman–Crippen LogP) is 1.70. The smallest absolute Gasteiger partial charge is 0.265 e. The molecule has 0 bridgehead atoms. The summed E-state index contributed by atoms with van der Waals surface area (Å²) in [5.41, 5.74) is 1.37. The lowest BCUT2D eigenvalue weighted by molar-refractivity contribution is -0.130. The minimum absolute atomic E-state index is 0.0574. The summed E-state index contributed by atoms with van der Waals surface area (Å²) in [5.74, 6) is 6.71. The van der Waals surface area contributed by atoms with Crippen molar-refractivity contribution in [1.82, 2.24) is 10.2 Å². The Morgan fingerprint density at radius 2 is 1.81 bits per heavy atom. The van der Waals surface area contributed by atoms with Crippen LogP contribution in [0.25, 0.3) is 0 Å². The monoisotopic (exact) mass is 364 g/mol. The maximum Gasteiger partial charge on any atom is 0.265 e. The van der Waals surface area contributed by atoms with E-state index in [2.05, 4.69) is 17.2 Å². The molecular formula is C21H20N2O4. The fraction of sp³-hybridized carbons (Fsp3) is 0.238. The van der Waals surface area contributed by atoms with Gasteiger partial charge < -0.3 is 19.7 Å². The highest BCUT2D eigenvalue weighted by Gasteiger charge is 2.26. The first-order valence-corrected chi connectivity index (χ1v) is 8.51. The molecular weight excluding hydrogens is 344 g/mol. The summed E-state index contributed by atoms with van der Waals surface area (Å²) < 4.78 is 11.2. The van der Waals surface area contributed by atoms with Gasteiger partial charge in [0.25, 0.3) is 11.8 Å². The molecule has 6 nitrogen and oxygen atoms in total. The number of carbonyl (C=O) groups is 2. The van der Waals surface area contributed by atoms with E-state index in [1.807, 2.05) is 12.1 Å². The molecule has 1 atom stereocenters. The van der Waals surface area contributed by atoms with Crippen LogP contribution in [0.2, 0.25) is 0 Å². The minimum Gasteiger partial charge on any atom is -0.485 e. The van der Waals surface area contributed by atoms with Crippen LogP contribution >= 0.6 is 0 Å². The molecule has 138 valence electrons. The van der Waals surface area contributed by atoms with E-state index in [0.717, 1.165) is 5.56 Å². The number of amides is 2. The summed E-state index contributed by atoms with van der Waals surface area (Å²) in [7, 11) is 3.41. The summed E-state index contributed by atoms with van der Waals surface area (Å²) in [4.78, 5) is 25.5. The van der Waals surface area contributed by atoms with Gasteiger partial charge in [0.2, 0.25) is 6.10 Å². The molecule has 1 aliphatic rings. The molecule has 0 fully saturated rings. The van der Waals surface area contributed by atoms with Crippen molar-refractivity contribution < 1.29 is 19.1 Å². The third-order valence-corrected chi connectivity index (χ3v) is 3.92.